The summed E-state index contributed by atoms with van der Waals surface area (Å²) < 4.78 is 24.2. The van der Waals surface area contributed by atoms with E-state index in [-0.39, 0.29) is 31.3 Å². The summed E-state index contributed by atoms with van der Waals surface area (Å²) in [6.45, 7) is 26.9. The first-order valence-corrected chi connectivity index (χ1v) is 24.4. The zero-order valence-electron chi connectivity index (χ0n) is 36.7. The maximum atomic E-state index is 6.54. The van der Waals surface area contributed by atoms with Gasteiger partial charge in [0.25, 0.3) is 0 Å². The molecule has 0 atom stereocenters. The Bertz CT molecular complexity index is 1910. The first-order valence-electron chi connectivity index (χ1n) is 19.4. The van der Waals surface area contributed by atoms with Crippen LogP contribution in [-0.2, 0) is 28.1 Å². The molecule has 5 rings (SSSR count). The fourth-order valence-electron chi connectivity index (χ4n) is 7.56. The summed E-state index contributed by atoms with van der Waals surface area (Å²) in [5.74, 6) is 2.91. The Morgan fingerprint density at radius 2 is 0.534 bits per heavy atom. The second kappa shape index (κ2) is 16.6. The largest absolute Gasteiger partial charge is 0.496 e. The summed E-state index contributed by atoms with van der Waals surface area (Å²) in [6, 6.07) is 18.1. The van der Waals surface area contributed by atoms with E-state index in [1.165, 1.54) is 0 Å². The summed E-state index contributed by atoms with van der Waals surface area (Å²) in [7, 11) is 6.99. The molecular weight excluding hydrogens is 1120 g/mol. The molecule has 10 heteroatoms. The summed E-state index contributed by atoms with van der Waals surface area (Å²) in [4.78, 5) is -0.717. The second-order valence-corrected chi connectivity index (χ2v) is 28.2. The van der Waals surface area contributed by atoms with Crippen molar-refractivity contribution in [2.24, 2.45) is 0 Å². The quantitative estimate of drug-likeness (QED) is 0.191. The standard InChI is InChI=1S/C48H58Br6O4/c1-43(2,3)25-17-29-37(49)30-18-26(44(4,5)6)23-35(40(30)56-14)48(53,54)36-24-28(46(10,11)12)20-32(42(36)58-16)38(50)31-19-27(45(7,8)9)22-34(41(31)57-15)47(51,52)33(21-25)39(29)55-13/h17-24,37-38H,1-16H3. The van der Waals surface area contributed by atoms with Crippen LogP contribution >= 0.6 is 95.6 Å². The molecule has 0 heterocycles. The van der Waals surface area contributed by atoms with Gasteiger partial charge in [-0.3, -0.25) is 0 Å². The molecule has 1 aliphatic carbocycles. The van der Waals surface area contributed by atoms with Gasteiger partial charge in [0.05, 0.1) is 38.1 Å². The molecule has 0 saturated carbocycles. The monoisotopic (exact) mass is 1170 g/mol. The molecule has 0 N–H and O–H groups in total. The highest BCUT2D eigenvalue weighted by molar-refractivity contribution is 9.25. The Labute approximate surface area is 398 Å². The van der Waals surface area contributed by atoms with Gasteiger partial charge in [0.2, 0.25) is 0 Å². The van der Waals surface area contributed by atoms with E-state index in [0.29, 0.717) is 0 Å². The van der Waals surface area contributed by atoms with Crippen molar-refractivity contribution in [2.45, 2.75) is 121 Å². The fraction of sp³-hybridized carbons (Fsp3) is 0.500. The highest BCUT2D eigenvalue weighted by Crippen LogP contribution is 2.61. The van der Waals surface area contributed by atoms with Crippen molar-refractivity contribution in [1.82, 2.24) is 0 Å². The minimum Gasteiger partial charge on any atom is -0.496 e. The van der Waals surface area contributed by atoms with Gasteiger partial charge in [-0.2, -0.15) is 0 Å². The van der Waals surface area contributed by atoms with Crippen LogP contribution in [0.2, 0.25) is 0 Å². The molecule has 0 aromatic heterocycles. The predicted molar refractivity (Wildman–Crippen MR) is 266 cm³/mol. The van der Waals surface area contributed by atoms with Crippen LogP contribution < -0.4 is 18.9 Å². The second-order valence-electron chi connectivity index (χ2n) is 19.5. The lowest BCUT2D eigenvalue weighted by molar-refractivity contribution is 0.393. The smallest absolute Gasteiger partial charge is 0.137 e. The molecule has 4 aromatic rings. The zero-order valence-corrected chi connectivity index (χ0v) is 46.2. The number of halogens is 6. The molecule has 0 radical (unpaired) electrons. The van der Waals surface area contributed by atoms with E-state index >= 15 is 0 Å². The molecule has 58 heavy (non-hydrogen) atoms. The van der Waals surface area contributed by atoms with Gasteiger partial charge in [-0.15, -0.1) is 0 Å². The number of fused-ring (bicyclic) bond motifs is 8. The van der Waals surface area contributed by atoms with Crippen molar-refractivity contribution < 1.29 is 18.9 Å². The molecule has 8 bridgehead atoms. The minimum atomic E-state index is -0.967. The third-order valence-electron chi connectivity index (χ3n) is 11.2. The summed E-state index contributed by atoms with van der Waals surface area (Å²) in [5, 5.41) is 0. The Balaban J connectivity index is 2.17. The van der Waals surface area contributed by atoms with Gasteiger partial charge >= 0.3 is 0 Å². The van der Waals surface area contributed by atoms with Gasteiger partial charge in [0, 0.05) is 44.5 Å². The summed E-state index contributed by atoms with van der Waals surface area (Å²) >= 11 is 25.7. The number of alkyl halides is 6. The Hall–Kier alpha value is -1.04. The van der Waals surface area contributed by atoms with E-state index < -0.39 is 6.47 Å². The Kier molecular flexibility index (Phi) is 13.7. The number of methoxy groups -OCH3 is 4. The topological polar surface area (TPSA) is 36.9 Å². The van der Waals surface area contributed by atoms with Crippen LogP contribution in [-0.4, -0.2) is 28.4 Å². The fourth-order valence-corrected chi connectivity index (χ4v) is 11.3. The van der Waals surface area contributed by atoms with E-state index in [0.717, 1.165) is 89.8 Å². The number of rotatable bonds is 4. The van der Waals surface area contributed by atoms with Gasteiger partial charge < -0.3 is 18.9 Å². The first kappa shape index (κ1) is 48.0. The third-order valence-corrected chi connectivity index (χ3v) is 16.6. The van der Waals surface area contributed by atoms with E-state index in [1.54, 1.807) is 28.4 Å². The molecular formula is C48H58Br6O4. The van der Waals surface area contributed by atoms with Gasteiger partial charge in [-0.1, -0.05) is 203 Å². The van der Waals surface area contributed by atoms with Crippen LogP contribution in [0.15, 0.2) is 48.5 Å². The van der Waals surface area contributed by atoms with E-state index in [4.69, 9.17) is 18.9 Å². The van der Waals surface area contributed by atoms with Gasteiger partial charge in [-0.25, -0.2) is 0 Å². The molecule has 0 fully saturated rings. The van der Waals surface area contributed by atoms with Crippen molar-refractivity contribution in [3.63, 3.8) is 0 Å². The van der Waals surface area contributed by atoms with Crippen LogP contribution in [0.5, 0.6) is 23.0 Å². The first-order chi connectivity index (χ1) is 26.5. The number of ether oxygens (including phenoxy) is 4. The van der Waals surface area contributed by atoms with E-state index in [1.807, 2.05) is 0 Å². The van der Waals surface area contributed by atoms with Crippen molar-refractivity contribution in [3.8, 4) is 23.0 Å². The molecule has 0 unspecified atom stereocenters. The van der Waals surface area contributed by atoms with Gasteiger partial charge in [-0.05, 0) is 68.2 Å². The zero-order chi connectivity index (χ0) is 43.9. The lowest BCUT2D eigenvalue weighted by Crippen LogP contribution is -2.23. The number of hydrogen-bond donors (Lipinski definition) is 0. The lowest BCUT2D eigenvalue weighted by Gasteiger charge is -2.36. The van der Waals surface area contributed by atoms with Crippen molar-refractivity contribution in [3.05, 3.63) is 115 Å². The average molecular weight is 1180 g/mol. The average Bonchev–Trinajstić information content (AvgIpc) is 3.12. The Morgan fingerprint density at radius 3 is 0.672 bits per heavy atom. The minimum absolute atomic E-state index is 0.212. The molecule has 1 aliphatic rings. The molecule has 0 amide bonds. The molecule has 0 saturated heterocycles. The normalized spacial score (nSPS) is 18.1. The van der Waals surface area contributed by atoms with Crippen LogP contribution in [0.1, 0.15) is 160 Å². The maximum absolute atomic E-state index is 6.54. The summed E-state index contributed by atoms with van der Waals surface area (Å²) in [5.41, 5.74) is 11.2. The summed E-state index contributed by atoms with van der Waals surface area (Å²) in [6.07, 6.45) is 0. The van der Waals surface area contributed by atoms with E-state index in [9.17, 15) is 0 Å². The highest BCUT2D eigenvalue weighted by atomic mass is 79.9. The predicted octanol–water partition coefficient (Wildman–Crippen LogP) is 16.2. The Morgan fingerprint density at radius 1 is 0.362 bits per heavy atom. The van der Waals surface area contributed by atoms with Crippen LogP contribution in [0.25, 0.3) is 0 Å². The van der Waals surface area contributed by atoms with E-state index in [2.05, 4.69) is 227 Å². The highest BCUT2D eigenvalue weighted by Gasteiger charge is 2.43. The van der Waals surface area contributed by atoms with Gasteiger partial charge in [0.15, 0.2) is 0 Å². The van der Waals surface area contributed by atoms with Gasteiger partial charge in [0.1, 0.15) is 29.5 Å². The molecule has 0 aliphatic heterocycles. The maximum Gasteiger partial charge on any atom is 0.137 e. The van der Waals surface area contributed by atoms with Crippen molar-refractivity contribution in [1.29, 1.82) is 0 Å². The SMILES string of the molecule is COc1c2cc(C(C)(C)C)cc1C(Br)(Br)c1cc(C(C)(C)C)cc(c1OC)C(Br)c1cc(C(C)(C)C)cc(c1OC)C(Br)(Br)c1cc(C(C)(C)C)cc(c1OC)C2Br. The van der Waals surface area contributed by atoms with Crippen LogP contribution in [0.4, 0.5) is 0 Å². The van der Waals surface area contributed by atoms with Crippen molar-refractivity contribution >= 4 is 95.6 Å². The molecule has 0 spiro atoms. The van der Waals surface area contributed by atoms with Crippen LogP contribution in [0.3, 0.4) is 0 Å². The number of hydrogen-bond acceptors (Lipinski definition) is 4. The lowest BCUT2D eigenvalue weighted by atomic mass is 9.79. The third kappa shape index (κ3) is 8.79. The van der Waals surface area contributed by atoms with Crippen molar-refractivity contribution in [2.75, 3.05) is 28.4 Å². The molecule has 4 nitrogen and oxygen atoms in total. The number of benzene rings is 4. The molecule has 4 aromatic carbocycles. The molecule has 316 valence electrons. The van der Waals surface area contributed by atoms with Crippen LogP contribution in [0, 0.1) is 0 Å².